The maximum absolute atomic E-state index is 15.9. The standard InChI is InChI=1S/C23H19ClFN7O2S2/c1-23(2,22-26-5-7-36-22)13(8-15(33)34)29-20-16(25)18(12-4-3-6-35-12)31-19(32-20)11-9-27-21-17(11)30-14(24)10-28-21/h3-7,9-10,13H,8H2,1-2H3,(H,27,28)(H,33,34)(H,29,31,32). The Labute approximate surface area is 217 Å². The number of aromatic nitrogens is 6. The number of carboxylic acids is 1. The molecule has 0 bridgehead atoms. The Balaban J connectivity index is 1.66. The average Bonchev–Trinajstić information content (AvgIpc) is 3.61. The molecule has 9 nitrogen and oxygen atoms in total. The fraction of sp³-hybridized carbons (Fsp3) is 0.217. The molecule has 0 spiro atoms. The largest absolute Gasteiger partial charge is 0.481 e. The maximum Gasteiger partial charge on any atom is 0.305 e. The number of hydrogen-bond donors (Lipinski definition) is 3. The summed E-state index contributed by atoms with van der Waals surface area (Å²) in [6.07, 6.45) is 4.41. The van der Waals surface area contributed by atoms with E-state index in [1.807, 2.05) is 24.6 Å². The number of fused-ring (bicyclic) bond motifs is 1. The van der Waals surface area contributed by atoms with Gasteiger partial charge in [0.2, 0.25) is 0 Å². The number of carboxylic acid groups (broad SMARTS) is 1. The molecule has 5 aromatic heterocycles. The van der Waals surface area contributed by atoms with Crippen LogP contribution in [0.25, 0.3) is 33.1 Å². The van der Waals surface area contributed by atoms with Crippen molar-refractivity contribution in [2.75, 3.05) is 5.32 Å². The van der Waals surface area contributed by atoms with E-state index in [9.17, 15) is 9.90 Å². The third-order valence-corrected chi connectivity index (χ3v) is 7.91. The molecule has 0 aliphatic rings. The van der Waals surface area contributed by atoms with Gasteiger partial charge in [-0.05, 0) is 11.4 Å². The van der Waals surface area contributed by atoms with Gasteiger partial charge < -0.3 is 15.4 Å². The molecule has 5 heterocycles. The summed E-state index contributed by atoms with van der Waals surface area (Å²) in [6, 6.07) is 2.82. The lowest BCUT2D eigenvalue weighted by Gasteiger charge is -2.33. The van der Waals surface area contributed by atoms with Crippen LogP contribution in [0.1, 0.15) is 25.3 Å². The highest BCUT2D eigenvalue weighted by molar-refractivity contribution is 7.13. The van der Waals surface area contributed by atoms with Crippen LogP contribution < -0.4 is 5.32 Å². The van der Waals surface area contributed by atoms with Crippen molar-refractivity contribution in [2.24, 2.45) is 0 Å². The highest BCUT2D eigenvalue weighted by Crippen LogP contribution is 2.36. The van der Waals surface area contributed by atoms with Crippen molar-refractivity contribution in [3.63, 3.8) is 0 Å². The zero-order valence-corrected chi connectivity index (χ0v) is 21.4. The predicted octanol–water partition coefficient (Wildman–Crippen LogP) is 5.63. The minimum absolute atomic E-state index is 0.0861. The Morgan fingerprint density at radius 1 is 1.25 bits per heavy atom. The Kier molecular flexibility index (Phi) is 6.41. The fourth-order valence-electron chi connectivity index (χ4n) is 3.80. The van der Waals surface area contributed by atoms with Gasteiger partial charge in [-0.25, -0.2) is 29.3 Å². The van der Waals surface area contributed by atoms with Crippen LogP contribution in [-0.4, -0.2) is 47.0 Å². The van der Waals surface area contributed by atoms with Crippen LogP contribution in [0.5, 0.6) is 0 Å². The molecule has 0 aliphatic carbocycles. The van der Waals surface area contributed by atoms with Gasteiger partial charge in [0.05, 0.1) is 23.1 Å². The smallest absolute Gasteiger partial charge is 0.305 e. The summed E-state index contributed by atoms with van der Waals surface area (Å²) in [4.78, 5) is 37.3. The molecular weight excluding hydrogens is 525 g/mol. The number of anilines is 1. The van der Waals surface area contributed by atoms with Crippen molar-refractivity contribution >= 4 is 57.2 Å². The summed E-state index contributed by atoms with van der Waals surface area (Å²) in [5.74, 6) is -1.66. The lowest BCUT2D eigenvalue weighted by atomic mass is 9.83. The highest BCUT2D eigenvalue weighted by atomic mass is 35.5. The molecule has 0 saturated carbocycles. The topological polar surface area (TPSA) is 130 Å². The monoisotopic (exact) mass is 543 g/mol. The van der Waals surface area contributed by atoms with Gasteiger partial charge in [0.15, 0.2) is 23.1 Å². The number of aromatic amines is 1. The number of H-pyrrole nitrogens is 1. The summed E-state index contributed by atoms with van der Waals surface area (Å²) in [5, 5.41) is 17.2. The van der Waals surface area contributed by atoms with Gasteiger partial charge in [-0.1, -0.05) is 31.5 Å². The van der Waals surface area contributed by atoms with E-state index in [4.69, 9.17) is 11.6 Å². The van der Waals surface area contributed by atoms with Crippen LogP contribution in [0.3, 0.4) is 0 Å². The lowest BCUT2D eigenvalue weighted by molar-refractivity contribution is -0.137. The van der Waals surface area contributed by atoms with Crippen molar-refractivity contribution in [3.8, 4) is 22.0 Å². The highest BCUT2D eigenvalue weighted by Gasteiger charge is 2.36. The van der Waals surface area contributed by atoms with E-state index in [1.54, 1.807) is 24.5 Å². The number of nitrogens with one attached hydrogen (secondary N) is 2. The van der Waals surface area contributed by atoms with E-state index in [0.29, 0.717) is 21.6 Å². The third kappa shape index (κ3) is 4.54. The van der Waals surface area contributed by atoms with E-state index < -0.39 is 23.2 Å². The molecule has 0 aliphatic heterocycles. The van der Waals surface area contributed by atoms with Crippen LogP contribution in [0.15, 0.2) is 41.5 Å². The fourth-order valence-corrected chi connectivity index (χ4v) is 5.46. The number of thiophene rings is 1. The first kappa shape index (κ1) is 24.2. The lowest BCUT2D eigenvalue weighted by Crippen LogP contribution is -2.42. The van der Waals surface area contributed by atoms with Gasteiger partial charge >= 0.3 is 5.97 Å². The first-order valence-electron chi connectivity index (χ1n) is 10.7. The Bertz CT molecular complexity index is 1540. The Morgan fingerprint density at radius 2 is 2.08 bits per heavy atom. The molecular formula is C23H19ClFN7O2S2. The molecule has 184 valence electrons. The second-order valence-electron chi connectivity index (χ2n) is 8.48. The van der Waals surface area contributed by atoms with Crippen molar-refractivity contribution in [2.45, 2.75) is 31.7 Å². The summed E-state index contributed by atoms with van der Waals surface area (Å²) in [5.41, 5.74) is 0.732. The maximum atomic E-state index is 15.9. The summed E-state index contributed by atoms with van der Waals surface area (Å²) < 4.78 is 15.9. The van der Waals surface area contributed by atoms with E-state index in [-0.39, 0.29) is 28.9 Å². The van der Waals surface area contributed by atoms with Crippen LogP contribution in [-0.2, 0) is 10.2 Å². The third-order valence-electron chi connectivity index (χ3n) is 5.74. The number of halogens is 2. The molecule has 0 amide bonds. The second kappa shape index (κ2) is 9.52. The molecule has 3 N–H and O–H groups in total. The first-order chi connectivity index (χ1) is 17.2. The molecule has 5 rings (SSSR count). The Hall–Kier alpha value is -3.48. The quantitative estimate of drug-likeness (QED) is 0.230. The minimum atomic E-state index is -1.04. The molecule has 5 aromatic rings. The van der Waals surface area contributed by atoms with E-state index in [0.717, 1.165) is 5.01 Å². The molecule has 0 saturated heterocycles. The summed E-state index contributed by atoms with van der Waals surface area (Å²) >= 11 is 8.79. The predicted molar refractivity (Wildman–Crippen MR) is 138 cm³/mol. The van der Waals surface area contributed by atoms with Gasteiger partial charge in [-0.3, -0.25) is 4.79 Å². The summed E-state index contributed by atoms with van der Waals surface area (Å²) in [7, 11) is 0. The zero-order valence-electron chi connectivity index (χ0n) is 19.0. The second-order valence-corrected chi connectivity index (χ2v) is 10.7. The minimum Gasteiger partial charge on any atom is -0.481 e. The molecule has 1 atom stereocenters. The van der Waals surface area contributed by atoms with E-state index in [2.05, 4.69) is 35.2 Å². The molecule has 0 radical (unpaired) electrons. The number of nitrogens with zero attached hydrogens (tertiary/aromatic N) is 5. The molecule has 0 aromatic carbocycles. The molecule has 13 heteroatoms. The van der Waals surface area contributed by atoms with E-state index in [1.165, 1.54) is 28.9 Å². The van der Waals surface area contributed by atoms with Crippen LogP contribution in [0.4, 0.5) is 10.2 Å². The molecule has 0 fully saturated rings. The van der Waals surface area contributed by atoms with Gasteiger partial charge in [0.25, 0.3) is 0 Å². The van der Waals surface area contributed by atoms with Crippen LogP contribution in [0, 0.1) is 5.82 Å². The van der Waals surface area contributed by atoms with Gasteiger partial charge in [0, 0.05) is 29.2 Å². The van der Waals surface area contributed by atoms with Gasteiger partial charge in [0.1, 0.15) is 21.4 Å². The van der Waals surface area contributed by atoms with E-state index >= 15 is 4.39 Å². The Morgan fingerprint density at radius 3 is 2.78 bits per heavy atom. The van der Waals surface area contributed by atoms with Crippen LogP contribution in [0.2, 0.25) is 5.15 Å². The number of carbonyl (C=O) groups is 1. The van der Waals surface area contributed by atoms with Crippen molar-refractivity contribution in [1.29, 1.82) is 0 Å². The SMILES string of the molecule is CC(C)(c1nccs1)C(CC(=O)O)Nc1nc(-c2c[nH]c3ncc(Cl)nc23)nc(-c2cccs2)c1F. The zero-order chi connectivity index (χ0) is 25.4. The first-order valence-corrected chi connectivity index (χ1v) is 12.9. The summed E-state index contributed by atoms with van der Waals surface area (Å²) in [6.45, 7) is 3.73. The number of hydrogen-bond acceptors (Lipinski definition) is 9. The number of aliphatic carboxylic acids is 1. The number of rotatable bonds is 8. The van der Waals surface area contributed by atoms with Crippen molar-refractivity contribution < 1.29 is 14.3 Å². The van der Waals surface area contributed by atoms with Gasteiger partial charge in [-0.15, -0.1) is 22.7 Å². The molecule has 36 heavy (non-hydrogen) atoms. The van der Waals surface area contributed by atoms with Crippen molar-refractivity contribution in [3.05, 3.63) is 57.5 Å². The number of thiazole rings is 1. The van der Waals surface area contributed by atoms with Gasteiger partial charge in [-0.2, -0.15) is 0 Å². The van der Waals surface area contributed by atoms with Crippen molar-refractivity contribution in [1.82, 2.24) is 29.9 Å². The van der Waals surface area contributed by atoms with Crippen LogP contribution >= 0.6 is 34.3 Å². The molecule has 1 unspecified atom stereocenters. The normalized spacial score (nSPS) is 12.7. The average molecular weight is 544 g/mol.